The summed E-state index contributed by atoms with van der Waals surface area (Å²) in [6.07, 6.45) is 0.759. The summed E-state index contributed by atoms with van der Waals surface area (Å²) in [4.78, 5) is 12.7. The maximum atomic E-state index is 14.1. The third kappa shape index (κ3) is 3.91. The van der Waals surface area contributed by atoms with Crippen LogP contribution in [-0.4, -0.2) is 17.0 Å². The first-order valence-corrected chi connectivity index (χ1v) is 8.67. The number of benzene rings is 1. The highest BCUT2D eigenvalue weighted by Gasteiger charge is 2.23. The Bertz CT molecular complexity index is 758. The zero-order valence-electron chi connectivity index (χ0n) is 15.5. The number of carbonyl (C=O) groups is 1. The van der Waals surface area contributed by atoms with Crippen molar-refractivity contribution in [2.24, 2.45) is 5.92 Å². The first-order valence-electron chi connectivity index (χ1n) is 8.67. The van der Waals surface area contributed by atoms with E-state index in [4.69, 9.17) is 0 Å². The van der Waals surface area contributed by atoms with Crippen molar-refractivity contribution >= 4 is 5.91 Å². The maximum Gasteiger partial charge on any atom is 0.268 e. The molecule has 0 aliphatic heterocycles. The molecule has 0 saturated carbocycles. The molecule has 0 radical (unpaired) electrons. The second kappa shape index (κ2) is 7.81. The zero-order chi connectivity index (χ0) is 18.7. The van der Waals surface area contributed by atoms with Crippen molar-refractivity contribution < 1.29 is 13.6 Å². The van der Waals surface area contributed by atoms with Crippen LogP contribution in [0.5, 0.6) is 0 Å². The molecule has 0 aliphatic carbocycles. The molecular formula is C20H26F2N2O. The number of nitrogens with zero attached hydrogens (tertiary/aromatic N) is 1. The van der Waals surface area contributed by atoms with Gasteiger partial charge in [0.25, 0.3) is 5.91 Å². The van der Waals surface area contributed by atoms with Crippen LogP contribution in [0.15, 0.2) is 18.2 Å². The van der Waals surface area contributed by atoms with Gasteiger partial charge >= 0.3 is 0 Å². The van der Waals surface area contributed by atoms with E-state index in [0.29, 0.717) is 18.2 Å². The van der Waals surface area contributed by atoms with Gasteiger partial charge < -0.3 is 9.88 Å². The van der Waals surface area contributed by atoms with Crippen LogP contribution in [0.4, 0.5) is 8.78 Å². The molecule has 0 aliphatic rings. The second-order valence-electron chi connectivity index (χ2n) is 6.78. The number of hydrogen-bond acceptors (Lipinski definition) is 1. The van der Waals surface area contributed by atoms with Gasteiger partial charge in [-0.1, -0.05) is 26.8 Å². The highest BCUT2D eigenvalue weighted by atomic mass is 19.1. The van der Waals surface area contributed by atoms with Crippen molar-refractivity contribution in [1.29, 1.82) is 0 Å². The largest absolute Gasteiger partial charge is 0.350 e. The average Bonchev–Trinajstić information content (AvgIpc) is 2.78. The SMILES string of the molecule is CCc1c(C)c(C(=O)NCC(C)C)n(Cc2c(F)cccc2F)c1C. The molecule has 1 heterocycles. The summed E-state index contributed by atoms with van der Waals surface area (Å²) in [5.74, 6) is -1.08. The number of halogens is 2. The first-order chi connectivity index (χ1) is 11.8. The number of hydrogen-bond donors (Lipinski definition) is 1. The molecule has 0 unspecified atom stereocenters. The lowest BCUT2D eigenvalue weighted by Gasteiger charge is -2.14. The number of amides is 1. The van der Waals surface area contributed by atoms with E-state index >= 15 is 0 Å². The minimum Gasteiger partial charge on any atom is -0.350 e. The Morgan fingerprint density at radius 2 is 1.76 bits per heavy atom. The number of rotatable bonds is 6. The van der Waals surface area contributed by atoms with Gasteiger partial charge in [-0.05, 0) is 49.4 Å². The van der Waals surface area contributed by atoms with Gasteiger partial charge in [-0.25, -0.2) is 8.78 Å². The van der Waals surface area contributed by atoms with Crippen LogP contribution in [0.25, 0.3) is 0 Å². The van der Waals surface area contributed by atoms with E-state index in [1.807, 2.05) is 34.6 Å². The third-order valence-corrected chi connectivity index (χ3v) is 4.54. The van der Waals surface area contributed by atoms with Crippen molar-refractivity contribution in [2.75, 3.05) is 6.54 Å². The Hall–Kier alpha value is -2.17. The molecule has 5 heteroatoms. The summed E-state index contributed by atoms with van der Waals surface area (Å²) in [6, 6.07) is 3.82. The predicted octanol–water partition coefficient (Wildman–Crippen LogP) is 4.38. The van der Waals surface area contributed by atoms with Crippen molar-refractivity contribution in [2.45, 2.75) is 47.6 Å². The summed E-state index contributed by atoms with van der Waals surface area (Å²) in [5.41, 5.74) is 3.25. The summed E-state index contributed by atoms with van der Waals surface area (Å²) in [6.45, 7) is 10.4. The lowest BCUT2D eigenvalue weighted by atomic mass is 10.1. The van der Waals surface area contributed by atoms with Crippen molar-refractivity contribution in [3.8, 4) is 0 Å². The van der Waals surface area contributed by atoms with Crippen LogP contribution in [0.2, 0.25) is 0 Å². The molecule has 0 saturated heterocycles. The zero-order valence-corrected chi connectivity index (χ0v) is 15.5. The highest BCUT2D eigenvalue weighted by Crippen LogP contribution is 2.25. The lowest BCUT2D eigenvalue weighted by Crippen LogP contribution is -2.30. The monoisotopic (exact) mass is 348 g/mol. The molecule has 3 nitrogen and oxygen atoms in total. The van der Waals surface area contributed by atoms with Gasteiger partial charge in [-0.2, -0.15) is 0 Å². The number of nitrogens with one attached hydrogen (secondary N) is 1. The van der Waals surface area contributed by atoms with Gasteiger partial charge in [-0.15, -0.1) is 0 Å². The number of aromatic nitrogens is 1. The van der Waals surface area contributed by atoms with E-state index in [-0.39, 0.29) is 18.0 Å². The predicted molar refractivity (Wildman–Crippen MR) is 95.9 cm³/mol. The van der Waals surface area contributed by atoms with Gasteiger partial charge in [0, 0.05) is 17.8 Å². The van der Waals surface area contributed by atoms with Crippen LogP contribution >= 0.6 is 0 Å². The lowest BCUT2D eigenvalue weighted by molar-refractivity contribution is 0.0939. The highest BCUT2D eigenvalue weighted by molar-refractivity contribution is 5.95. The molecule has 25 heavy (non-hydrogen) atoms. The Balaban J connectivity index is 2.51. The van der Waals surface area contributed by atoms with Crippen LogP contribution in [-0.2, 0) is 13.0 Å². The van der Waals surface area contributed by atoms with E-state index in [1.165, 1.54) is 18.2 Å². The van der Waals surface area contributed by atoms with Gasteiger partial charge in [0.05, 0.1) is 6.54 Å². The summed E-state index contributed by atoms with van der Waals surface area (Å²) in [5, 5.41) is 2.91. The standard InChI is InChI=1S/C20H26F2N2O/c1-6-15-13(4)19(20(25)23-10-12(2)3)24(14(15)5)11-16-17(21)8-7-9-18(16)22/h7-9,12H,6,10-11H2,1-5H3,(H,23,25). The smallest absolute Gasteiger partial charge is 0.268 e. The Morgan fingerprint density at radius 3 is 2.28 bits per heavy atom. The van der Waals surface area contributed by atoms with Gasteiger partial charge in [0.2, 0.25) is 0 Å². The summed E-state index contributed by atoms with van der Waals surface area (Å²) >= 11 is 0. The Labute approximate surface area is 148 Å². The van der Waals surface area contributed by atoms with E-state index in [0.717, 1.165) is 23.2 Å². The van der Waals surface area contributed by atoms with Crippen LogP contribution in [0.1, 0.15) is 53.6 Å². The molecule has 2 rings (SSSR count). The van der Waals surface area contributed by atoms with E-state index < -0.39 is 11.6 Å². The normalized spacial score (nSPS) is 11.2. The van der Waals surface area contributed by atoms with E-state index in [9.17, 15) is 13.6 Å². The molecule has 0 spiro atoms. The molecule has 1 aromatic heterocycles. The minimum atomic E-state index is -0.600. The Morgan fingerprint density at radius 1 is 1.16 bits per heavy atom. The fraction of sp³-hybridized carbons (Fsp3) is 0.450. The molecule has 1 aromatic carbocycles. The average molecular weight is 348 g/mol. The first kappa shape index (κ1) is 19.2. The summed E-state index contributed by atoms with van der Waals surface area (Å²) in [7, 11) is 0. The third-order valence-electron chi connectivity index (χ3n) is 4.54. The van der Waals surface area contributed by atoms with Gasteiger partial charge in [0.1, 0.15) is 17.3 Å². The number of carbonyl (C=O) groups excluding carboxylic acids is 1. The molecule has 1 amide bonds. The molecule has 136 valence electrons. The molecule has 0 bridgehead atoms. The Kier molecular flexibility index (Phi) is 5.98. The van der Waals surface area contributed by atoms with Crippen LogP contribution in [0.3, 0.4) is 0 Å². The van der Waals surface area contributed by atoms with Gasteiger partial charge in [0.15, 0.2) is 0 Å². The minimum absolute atomic E-state index is 0.00435. The molecular weight excluding hydrogens is 322 g/mol. The molecule has 0 fully saturated rings. The van der Waals surface area contributed by atoms with E-state index in [1.54, 1.807) is 4.57 Å². The quantitative estimate of drug-likeness (QED) is 0.826. The second-order valence-corrected chi connectivity index (χ2v) is 6.78. The van der Waals surface area contributed by atoms with E-state index in [2.05, 4.69) is 5.32 Å². The topological polar surface area (TPSA) is 34.0 Å². The van der Waals surface area contributed by atoms with Crippen LogP contribution in [0, 0.1) is 31.4 Å². The fourth-order valence-electron chi connectivity index (χ4n) is 3.18. The van der Waals surface area contributed by atoms with Gasteiger partial charge in [-0.3, -0.25) is 4.79 Å². The fourth-order valence-corrected chi connectivity index (χ4v) is 3.18. The van der Waals surface area contributed by atoms with Crippen molar-refractivity contribution in [3.05, 3.63) is 57.9 Å². The maximum absolute atomic E-state index is 14.1. The van der Waals surface area contributed by atoms with Crippen LogP contribution < -0.4 is 5.32 Å². The molecule has 1 N–H and O–H groups in total. The van der Waals surface area contributed by atoms with Crippen molar-refractivity contribution in [1.82, 2.24) is 9.88 Å². The molecule has 0 atom stereocenters. The summed E-state index contributed by atoms with van der Waals surface area (Å²) < 4.78 is 29.9. The van der Waals surface area contributed by atoms with Crippen molar-refractivity contribution in [3.63, 3.8) is 0 Å². The molecule has 2 aromatic rings.